The van der Waals surface area contributed by atoms with Crippen LogP contribution in [0.4, 0.5) is 4.39 Å². The van der Waals surface area contributed by atoms with Gasteiger partial charge in [0.1, 0.15) is 17.3 Å². The minimum absolute atomic E-state index is 0.0485. The summed E-state index contributed by atoms with van der Waals surface area (Å²) in [5.74, 6) is -1.10. The molecule has 128 valence electrons. The Hall–Kier alpha value is -2.93. The number of hydrogen-bond acceptors (Lipinski definition) is 4. The highest BCUT2D eigenvalue weighted by atomic mass is 35.5. The molecule has 25 heavy (non-hydrogen) atoms. The molecule has 1 aromatic heterocycles. The number of ether oxygens (including phenoxy) is 1. The van der Waals surface area contributed by atoms with Crippen molar-refractivity contribution in [3.63, 3.8) is 0 Å². The Morgan fingerprint density at radius 2 is 2.00 bits per heavy atom. The molecule has 1 N–H and O–H groups in total. The van der Waals surface area contributed by atoms with Gasteiger partial charge in [-0.2, -0.15) is 0 Å². The lowest BCUT2D eigenvalue weighted by Crippen LogP contribution is -2.08. The molecule has 0 saturated carbocycles. The van der Waals surface area contributed by atoms with Crippen molar-refractivity contribution >= 4 is 17.6 Å². The third-order valence-corrected chi connectivity index (χ3v) is 4.02. The van der Waals surface area contributed by atoms with Gasteiger partial charge in [-0.1, -0.05) is 22.9 Å². The van der Waals surface area contributed by atoms with Gasteiger partial charge in [-0.3, -0.25) is 0 Å². The van der Waals surface area contributed by atoms with E-state index in [2.05, 4.69) is 10.3 Å². The van der Waals surface area contributed by atoms with Crippen molar-refractivity contribution in [2.75, 3.05) is 7.11 Å². The summed E-state index contributed by atoms with van der Waals surface area (Å²) in [6, 6.07) is 11.1. The molecule has 8 heteroatoms. The van der Waals surface area contributed by atoms with Crippen molar-refractivity contribution in [2.24, 2.45) is 0 Å². The van der Waals surface area contributed by atoms with Crippen LogP contribution in [0.25, 0.3) is 11.3 Å². The normalized spacial score (nSPS) is 10.7. The van der Waals surface area contributed by atoms with Crippen molar-refractivity contribution in [1.29, 1.82) is 0 Å². The van der Waals surface area contributed by atoms with E-state index in [9.17, 15) is 14.3 Å². The van der Waals surface area contributed by atoms with Crippen LogP contribution < -0.4 is 4.74 Å². The summed E-state index contributed by atoms with van der Waals surface area (Å²) in [7, 11) is 1.53. The van der Waals surface area contributed by atoms with E-state index in [1.807, 2.05) is 0 Å². The molecule has 0 fully saturated rings. The lowest BCUT2D eigenvalue weighted by molar-refractivity contribution is 0.0691. The zero-order valence-electron chi connectivity index (χ0n) is 13.1. The van der Waals surface area contributed by atoms with E-state index in [-0.39, 0.29) is 28.5 Å². The molecular weight excluding hydrogens is 349 g/mol. The van der Waals surface area contributed by atoms with Crippen LogP contribution in [0.2, 0.25) is 5.02 Å². The van der Waals surface area contributed by atoms with Crippen molar-refractivity contribution in [3.05, 3.63) is 64.6 Å². The van der Waals surface area contributed by atoms with E-state index in [1.54, 1.807) is 30.3 Å². The van der Waals surface area contributed by atoms with Crippen LogP contribution in [0, 0.1) is 5.82 Å². The Morgan fingerprint density at radius 1 is 1.28 bits per heavy atom. The first-order valence-corrected chi connectivity index (χ1v) is 7.63. The minimum Gasteiger partial charge on any atom is -0.497 e. The van der Waals surface area contributed by atoms with Gasteiger partial charge in [0.2, 0.25) is 0 Å². The highest BCUT2D eigenvalue weighted by molar-refractivity contribution is 6.31. The summed E-state index contributed by atoms with van der Waals surface area (Å²) < 4.78 is 20.5. The molecule has 0 spiro atoms. The highest BCUT2D eigenvalue weighted by Crippen LogP contribution is 2.27. The zero-order valence-corrected chi connectivity index (χ0v) is 13.9. The SMILES string of the molecule is COc1ccc(-c2c(C(=O)O)nnn2Cc2c(F)cccc2Cl)cc1. The fourth-order valence-corrected chi connectivity index (χ4v) is 2.66. The molecule has 0 amide bonds. The molecular formula is C17H13ClFN3O3. The summed E-state index contributed by atoms with van der Waals surface area (Å²) in [6.07, 6.45) is 0. The molecule has 6 nitrogen and oxygen atoms in total. The summed E-state index contributed by atoms with van der Waals surface area (Å²) in [6.45, 7) is -0.0485. The van der Waals surface area contributed by atoms with Crippen LogP contribution in [-0.4, -0.2) is 33.2 Å². The molecule has 0 aliphatic rings. The van der Waals surface area contributed by atoms with E-state index in [0.717, 1.165) is 0 Å². The second-order valence-corrected chi connectivity index (χ2v) is 5.59. The highest BCUT2D eigenvalue weighted by Gasteiger charge is 2.22. The smallest absolute Gasteiger partial charge is 0.358 e. The molecule has 0 bridgehead atoms. The number of carboxylic acid groups (broad SMARTS) is 1. The molecule has 0 atom stereocenters. The fourth-order valence-electron chi connectivity index (χ4n) is 2.44. The predicted molar refractivity (Wildman–Crippen MR) is 89.5 cm³/mol. The molecule has 1 heterocycles. The average Bonchev–Trinajstić information content (AvgIpc) is 3.02. The van der Waals surface area contributed by atoms with Crippen molar-refractivity contribution in [1.82, 2.24) is 15.0 Å². The Kier molecular flexibility index (Phi) is 4.67. The minimum atomic E-state index is -1.23. The molecule has 0 unspecified atom stereocenters. The van der Waals surface area contributed by atoms with Gasteiger partial charge in [0, 0.05) is 16.1 Å². The Labute approximate surface area is 147 Å². The summed E-state index contributed by atoms with van der Waals surface area (Å²) in [4.78, 5) is 11.5. The van der Waals surface area contributed by atoms with Crippen molar-refractivity contribution < 1.29 is 19.0 Å². The lowest BCUT2D eigenvalue weighted by Gasteiger charge is -2.10. The van der Waals surface area contributed by atoms with E-state index in [1.165, 1.54) is 23.9 Å². The molecule has 0 aliphatic carbocycles. The third-order valence-electron chi connectivity index (χ3n) is 3.67. The summed E-state index contributed by atoms with van der Waals surface area (Å²) >= 11 is 6.05. The first-order valence-electron chi connectivity index (χ1n) is 7.25. The van der Waals surface area contributed by atoms with Gasteiger partial charge >= 0.3 is 5.97 Å². The Morgan fingerprint density at radius 3 is 2.60 bits per heavy atom. The molecule has 0 aliphatic heterocycles. The Bertz CT molecular complexity index is 905. The monoisotopic (exact) mass is 361 g/mol. The van der Waals surface area contributed by atoms with E-state index in [0.29, 0.717) is 11.3 Å². The second-order valence-electron chi connectivity index (χ2n) is 5.18. The molecule has 3 aromatic rings. The number of methoxy groups -OCH3 is 1. The topological polar surface area (TPSA) is 77.2 Å². The average molecular weight is 362 g/mol. The van der Waals surface area contributed by atoms with Gasteiger partial charge in [-0.05, 0) is 36.4 Å². The number of hydrogen-bond donors (Lipinski definition) is 1. The predicted octanol–water partition coefficient (Wildman–Crippen LogP) is 3.49. The first-order chi connectivity index (χ1) is 12.0. The second kappa shape index (κ2) is 6.90. The molecule has 0 saturated heterocycles. The van der Waals surface area contributed by atoms with Crippen LogP contribution >= 0.6 is 11.6 Å². The maximum absolute atomic E-state index is 14.1. The number of benzene rings is 2. The number of aromatic nitrogens is 3. The quantitative estimate of drug-likeness (QED) is 0.752. The zero-order chi connectivity index (χ0) is 18.0. The lowest BCUT2D eigenvalue weighted by atomic mass is 10.1. The van der Waals surface area contributed by atoms with Gasteiger partial charge in [-0.25, -0.2) is 13.9 Å². The molecule has 0 radical (unpaired) electrons. The number of aromatic carboxylic acids is 1. The number of nitrogens with zero attached hydrogens (tertiary/aromatic N) is 3. The van der Waals surface area contributed by atoms with Gasteiger partial charge in [-0.15, -0.1) is 5.10 Å². The first kappa shape index (κ1) is 16.9. The van der Waals surface area contributed by atoms with E-state index in [4.69, 9.17) is 16.3 Å². The van der Waals surface area contributed by atoms with Gasteiger partial charge in [0.05, 0.1) is 13.7 Å². The van der Waals surface area contributed by atoms with E-state index >= 15 is 0 Å². The summed E-state index contributed by atoms with van der Waals surface area (Å²) in [5, 5.41) is 17.2. The summed E-state index contributed by atoms with van der Waals surface area (Å²) in [5.41, 5.74) is 0.809. The number of rotatable bonds is 5. The van der Waals surface area contributed by atoms with E-state index < -0.39 is 11.8 Å². The van der Waals surface area contributed by atoms with Gasteiger partial charge < -0.3 is 9.84 Å². The maximum atomic E-state index is 14.1. The standard InChI is InChI=1S/C17H13ClFN3O3/c1-25-11-7-5-10(6-8-11)16-15(17(23)24)20-21-22(16)9-12-13(18)3-2-4-14(12)19/h2-8H,9H2,1H3,(H,23,24). The van der Waals surface area contributed by atoms with Crippen molar-refractivity contribution in [2.45, 2.75) is 6.54 Å². The number of carboxylic acids is 1. The molecule has 3 rings (SSSR count). The Balaban J connectivity index is 2.10. The maximum Gasteiger partial charge on any atom is 0.358 e. The van der Waals surface area contributed by atoms with Crippen LogP contribution in [0.1, 0.15) is 16.1 Å². The number of halogens is 2. The van der Waals surface area contributed by atoms with Crippen LogP contribution in [0.15, 0.2) is 42.5 Å². The van der Waals surface area contributed by atoms with Crippen LogP contribution in [0.3, 0.4) is 0 Å². The van der Waals surface area contributed by atoms with Gasteiger partial charge in [0.25, 0.3) is 0 Å². The largest absolute Gasteiger partial charge is 0.497 e. The van der Waals surface area contributed by atoms with Crippen molar-refractivity contribution in [3.8, 4) is 17.0 Å². The molecule has 2 aromatic carbocycles. The fraction of sp³-hybridized carbons (Fsp3) is 0.118. The van der Waals surface area contributed by atoms with Crippen LogP contribution in [0.5, 0.6) is 5.75 Å². The van der Waals surface area contributed by atoms with Gasteiger partial charge in [0.15, 0.2) is 5.69 Å². The van der Waals surface area contributed by atoms with Crippen LogP contribution in [-0.2, 0) is 6.54 Å². The number of carbonyl (C=O) groups is 1. The third kappa shape index (κ3) is 3.32.